The van der Waals surface area contributed by atoms with Crippen molar-refractivity contribution in [2.75, 3.05) is 30.0 Å². The third-order valence-corrected chi connectivity index (χ3v) is 6.92. The summed E-state index contributed by atoms with van der Waals surface area (Å²) in [6.07, 6.45) is -0.00495. The van der Waals surface area contributed by atoms with Gasteiger partial charge in [0, 0.05) is 30.0 Å². The van der Waals surface area contributed by atoms with Crippen molar-refractivity contribution >= 4 is 28.8 Å². The molecule has 0 aromatic heterocycles. The average molecular weight is 529 g/mol. The van der Waals surface area contributed by atoms with Crippen LogP contribution in [0.3, 0.4) is 0 Å². The van der Waals surface area contributed by atoms with E-state index in [9.17, 15) is 14.7 Å². The van der Waals surface area contributed by atoms with Gasteiger partial charge in [-0.05, 0) is 100 Å². The summed E-state index contributed by atoms with van der Waals surface area (Å²) in [6.45, 7) is 11.6. The summed E-state index contributed by atoms with van der Waals surface area (Å²) in [5, 5.41) is 11.5. The third-order valence-electron chi connectivity index (χ3n) is 6.92. The van der Waals surface area contributed by atoms with Crippen LogP contribution < -0.4 is 19.3 Å². The van der Waals surface area contributed by atoms with Crippen LogP contribution in [0.15, 0.2) is 72.3 Å². The van der Waals surface area contributed by atoms with Crippen molar-refractivity contribution in [1.82, 2.24) is 0 Å². The lowest BCUT2D eigenvalue weighted by Crippen LogP contribution is -2.29. The van der Waals surface area contributed by atoms with Crippen molar-refractivity contribution in [3.05, 3.63) is 89.0 Å². The number of methoxy groups -OCH3 is 1. The van der Waals surface area contributed by atoms with E-state index < -0.39 is 17.7 Å². The largest absolute Gasteiger partial charge is 0.507 e. The predicted molar refractivity (Wildman–Crippen MR) is 155 cm³/mol. The fourth-order valence-electron chi connectivity index (χ4n) is 4.98. The van der Waals surface area contributed by atoms with E-state index in [1.807, 2.05) is 51.1 Å². The molecule has 3 aromatic carbocycles. The number of aliphatic hydroxyl groups excluding tert-OH is 1. The Morgan fingerprint density at radius 2 is 1.69 bits per heavy atom. The second-order valence-electron chi connectivity index (χ2n) is 9.78. The maximum Gasteiger partial charge on any atom is 0.300 e. The molecule has 0 bridgehead atoms. The standard InChI is InChI=1S/C32H36N2O5/c1-7-33(8-2)24-13-15-25(16-14-24)34-29(22-10-9-11-26(19-22)38-6)28(31(36)32(34)37)30(35)23-12-17-27(21(5)18-23)39-20(3)4/h9-20,29,35H,7-8H2,1-6H3/b30-28+. The fourth-order valence-corrected chi connectivity index (χ4v) is 4.98. The lowest BCUT2D eigenvalue weighted by atomic mass is 9.94. The van der Waals surface area contributed by atoms with Crippen LogP contribution in [0.2, 0.25) is 0 Å². The van der Waals surface area contributed by atoms with E-state index in [-0.39, 0.29) is 17.4 Å². The highest BCUT2D eigenvalue weighted by Gasteiger charge is 2.47. The summed E-state index contributed by atoms with van der Waals surface area (Å²) in [5.41, 5.74) is 3.52. The lowest BCUT2D eigenvalue weighted by molar-refractivity contribution is -0.132. The van der Waals surface area contributed by atoms with Gasteiger partial charge in [0.2, 0.25) is 0 Å². The van der Waals surface area contributed by atoms with E-state index in [1.165, 1.54) is 4.90 Å². The Bertz CT molecular complexity index is 1390. The van der Waals surface area contributed by atoms with Gasteiger partial charge in [0.25, 0.3) is 11.7 Å². The Balaban J connectivity index is 1.86. The number of ketones is 1. The van der Waals surface area contributed by atoms with Crippen molar-refractivity contribution in [2.45, 2.75) is 46.8 Å². The molecule has 1 amide bonds. The molecular formula is C32H36N2O5. The Morgan fingerprint density at radius 1 is 1.00 bits per heavy atom. The number of nitrogens with zero attached hydrogens (tertiary/aromatic N) is 2. The Morgan fingerprint density at radius 3 is 2.28 bits per heavy atom. The first-order chi connectivity index (χ1) is 18.7. The van der Waals surface area contributed by atoms with Gasteiger partial charge < -0.3 is 19.5 Å². The topological polar surface area (TPSA) is 79.3 Å². The van der Waals surface area contributed by atoms with Crippen LogP contribution in [-0.4, -0.2) is 43.1 Å². The monoisotopic (exact) mass is 528 g/mol. The molecule has 1 saturated heterocycles. The van der Waals surface area contributed by atoms with E-state index in [0.717, 1.165) is 24.3 Å². The summed E-state index contributed by atoms with van der Waals surface area (Å²) in [5.74, 6) is -0.395. The zero-order valence-electron chi connectivity index (χ0n) is 23.4. The minimum atomic E-state index is -0.841. The number of carbonyl (C=O) groups excluding carboxylic acids is 2. The number of hydrogen-bond acceptors (Lipinski definition) is 6. The van der Waals surface area contributed by atoms with Gasteiger partial charge in [-0.25, -0.2) is 0 Å². The molecule has 4 rings (SSSR count). The molecule has 0 spiro atoms. The molecular weight excluding hydrogens is 492 g/mol. The van der Waals surface area contributed by atoms with Crippen LogP contribution in [0.4, 0.5) is 11.4 Å². The van der Waals surface area contributed by atoms with Gasteiger partial charge in [0.15, 0.2) is 0 Å². The van der Waals surface area contributed by atoms with Gasteiger partial charge >= 0.3 is 0 Å². The molecule has 0 aliphatic carbocycles. The van der Waals surface area contributed by atoms with Crippen LogP contribution in [0.25, 0.3) is 5.76 Å². The van der Waals surface area contributed by atoms with Crippen molar-refractivity contribution < 1.29 is 24.2 Å². The summed E-state index contributed by atoms with van der Waals surface area (Å²) in [4.78, 5) is 30.7. The molecule has 1 aliphatic rings. The summed E-state index contributed by atoms with van der Waals surface area (Å²) < 4.78 is 11.3. The van der Waals surface area contributed by atoms with Crippen molar-refractivity contribution in [3.63, 3.8) is 0 Å². The average Bonchev–Trinajstić information content (AvgIpc) is 3.20. The third kappa shape index (κ3) is 5.48. The molecule has 1 atom stereocenters. The van der Waals surface area contributed by atoms with E-state index in [0.29, 0.717) is 28.3 Å². The van der Waals surface area contributed by atoms with Crippen LogP contribution in [0.1, 0.15) is 50.4 Å². The highest BCUT2D eigenvalue weighted by molar-refractivity contribution is 6.51. The predicted octanol–water partition coefficient (Wildman–Crippen LogP) is 6.26. The molecule has 3 aromatic rings. The number of anilines is 2. The van der Waals surface area contributed by atoms with Gasteiger partial charge in [-0.3, -0.25) is 14.5 Å². The van der Waals surface area contributed by atoms with Gasteiger partial charge in [-0.15, -0.1) is 0 Å². The van der Waals surface area contributed by atoms with E-state index in [2.05, 4.69) is 18.7 Å². The lowest BCUT2D eigenvalue weighted by Gasteiger charge is -2.27. The van der Waals surface area contributed by atoms with Gasteiger partial charge in [0.05, 0.1) is 24.8 Å². The SMILES string of the molecule is CCN(CC)c1ccc(N2C(=O)C(=O)/C(=C(/O)c3ccc(OC(C)C)c(C)c3)C2c2cccc(OC)c2)cc1. The van der Waals surface area contributed by atoms with Gasteiger partial charge in [0.1, 0.15) is 17.3 Å². The first-order valence-electron chi connectivity index (χ1n) is 13.3. The number of Topliss-reactive ketones (excluding diaryl/α,β-unsaturated/α-hetero) is 1. The highest BCUT2D eigenvalue weighted by Crippen LogP contribution is 2.43. The fraction of sp³-hybridized carbons (Fsp3) is 0.312. The Hall–Kier alpha value is -4.26. The van der Waals surface area contributed by atoms with Crippen molar-refractivity contribution in [3.8, 4) is 11.5 Å². The van der Waals surface area contributed by atoms with Gasteiger partial charge in [-0.2, -0.15) is 0 Å². The zero-order valence-corrected chi connectivity index (χ0v) is 23.4. The van der Waals surface area contributed by atoms with Crippen LogP contribution in [0.5, 0.6) is 11.5 Å². The zero-order chi connectivity index (χ0) is 28.3. The normalized spacial score (nSPS) is 16.6. The smallest absolute Gasteiger partial charge is 0.300 e. The molecule has 0 radical (unpaired) electrons. The minimum absolute atomic E-state index is 0.00495. The summed E-state index contributed by atoms with van der Waals surface area (Å²) in [7, 11) is 1.56. The molecule has 1 heterocycles. The molecule has 39 heavy (non-hydrogen) atoms. The summed E-state index contributed by atoms with van der Waals surface area (Å²) in [6, 6.07) is 19.2. The van der Waals surface area contributed by atoms with Crippen LogP contribution >= 0.6 is 0 Å². The number of benzene rings is 3. The van der Waals surface area contributed by atoms with Crippen LogP contribution in [-0.2, 0) is 9.59 Å². The minimum Gasteiger partial charge on any atom is -0.507 e. The van der Waals surface area contributed by atoms with Gasteiger partial charge in [-0.1, -0.05) is 12.1 Å². The quantitative estimate of drug-likeness (QED) is 0.201. The highest BCUT2D eigenvalue weighted by atomic mass is 16.5. The van der Waals surface area contributed by atoms with E-state index >= 15 is 0 Å². The Kier molecular flexibility index (Phi) is 8.29. The molecule has 7 nitrogen and oxygen atoms in total. The number of amides is 1. The number of ether oxygens (including phenoxy) is 2. The maximum atomic E-state index is 13.5. The second-order valence-corrected chi connectivity index (χ2v) is 9.78. The molecule has 0 saturated carbocycles. The molecule has 1 aliphatic heterocycles. The second kappa shape index (κ2) is 11.6. The number of hydrogen-bond donors (Lipinski definition) is 1. The Labute approximate surface area is 230 Å². The van der Waals surface area contributed by atoms with Crippen molar-refractivity contribution in [1.29, 1.82) is 0 Å². The van der Waals surface area contributed by atoms with E-state index in [1.54, 1.807) is 43.5 Å². The molecule has 1 unspecified atom stereocenters. The number of rotatable bonds is 9. The van der Waals surface area contributed by atoms with E-state index in [4.69, 9.17) is 9.47 Å². The molecule has 7 heteroatoms. The maximum absolute atomic E-state index is 13.5. The first-order valence-corrected chi connectivity index (χ1v) is 13.3. The number of aliphatic hydroxyl groups is 1. The summed E-state index contributed by atoms with van der Waals surface area (Å²) >= 11 is 0. The molecule has 1 N–H and O–H groups in total. The van der Waals surface area contributed by atoms with Crippen LogP contribution in [0, 0.1) is 6.92 Å². The molecule has 204 valence electrons. The number of aryl methyl sites for hydroxylation is 1. The molecule has 1 fully saturated rings. The number of carbonyl (C=O) groups is 2. The van der Waals surface area contributed by atoms with Crippen molar-refractivity contribution in [2.24, 2.45) is 0 Å². The first kappa shape index (κ1) is 27.8.